The summed E-state index contributed by atoms with van der Waals surface area (Å²) in [6.07, 6.45) is -0.610. The van der Waals surface area contributed by atoms with Crippen LogP contribution in [0.2, 0.25) is 0 Å². The third-order valence-electron chi connectivity index (χ3n) is 4.07. The molecule has 0 radical (unpaired) electrons. The topological polar surface area (TPSA) is 103 Å². The molecular formula is C18H20N2O6S. The van der Waals surface area contributed by atoms with Gasteiger partial charge in [-0.25, -0.2) is 13.1 Å². The average Bonchev–Trinajstić information content (AvgIpc) is 2.67. The molecule has 0 bridgehead atoms. The van der Waals surface area contributed by atoms with Gasteiger partial charge in [-0.05, 0) is 24.3 Å². The Morgan fingerprint density at radius 3 is 2.67 bits per heavy atom. The summed E-state index contributed by atoms with van der Waals surface area (Å²) in [5, 5.41) is 2.74. The summed E-state index contributed by atoms with van der Waals surface area (Å²) >= 11 is 0. The summed E-state index contributed by atoms with van der Waals surface area (Å²) in [6, 6.07) is 11.6. The normalized spacial score (nSPS) is 16.1. The second kappa shape index (κ2) is 7.85. The van der Waals surface area contributed by atoms with Gasteiger partial charge >= 0.3 is 0 Å². The Bertz CT molecular complexity index is 945. The van der Waals surface area contributed by atoms with E-state index in [4.69, 9.17) is 14.2 Å². The van der Waals surface area contributed by atoms with Gasteiger partial charge in [-0.3, -0.25) is 4.79 Å². The molecule has 1 amide bonds. The highest BCUT2D eigenvalue weighted by atomic mass is 32.2. The van der Waals surface area contributed by atoms with Crippen LogP contribution >= 0.6 is 0 Å². The SMILES string of the molecule is COc1ccc(OC)c(S(=O)(=O)NCCC2Oc3ccccc3NC2=O)c1. The van der Waals surface area contributed by atoms with Crippen molar-refractivity contribution < 1.29 is 27.4 Å². The lowest BCUT2D eigenvalue weighted by molar-refractivity contribution is -0.123. The second-order valence-electron chi connectivity index (χ2n) is 5.80. The second-order valence-corrected chi connectivity index (χ2v) is 7.53. The van der Waals surface area contributed by atoms with Gasteiger partial charge in [0, 0.05) is 19.0 Å². The van der Waals surface area contributed by atoms with E-state index >= 15 is 0 Å². The first kappa shape index (κ1) is 19.0. The van der Waals surface area contributed by atoms with E-state index in [0.717, 1.165) is 0 Å². The van der Waals surface area contributed by atoms with Crippen molar-refractivity contribution in [3.63, 3.8) is 0 Å². The molecule has 1 unspecified atom stereocenters. The summed E-state index contributed by atoms with van der Waals surface area (Å²) < 4.78 is 43.5. The molecule has 0 spiro atoms. The maximum absolute atomic E-state index is 12.6. The lowest BCUT2D eigenvalue weighted by Gasteiger charge is -2.25. The minimum absolute atomic E-state index is 0.0168. The Hall–Kier alpha value is -2.78. The summed E-state index contributed by atoms with van der Waals surface area (Å²) in [5.41, 5.74) is 0.598. The smallest absolute Gasteiger partial charge is 0.265 e. The van der Waals surface area contributed by atoms with E-state index in [1.165, 1.54) is 26.4 Å². The van der Waals surface area contributed by atoms with Crippen molar-refractivity contribution in [2.45, 2.75) is 17.4 Å². The van der Waals surface area contributed by atoms with Crippen LogP contribution in [0.4, 0.5) is 5.69 Å². The zero-order chi connectivity index (χ0) is 19.4. The molecule has 27 heavy (non-hydrogen) atoms. The number of amides is 1. The monoisotopic (exact) mass is 392 g/mol. The highest BCUT2D eigenvalue weighted by Crippen LogP contribution is 2.30. The molecule has 9 heteroatoms. The van der Waals surface area contributed by atoms with Crippen molar-refractivity contribution in [3.05, 3.63) is 42.5 Å². The maximum atomic E-state index is 12.6. The molecular weight excluding hydrogens is 372 g/mol. The molecule has 8 nitrogen and oxygen atoms in total. The molecule has 1 aliphatic heterocycles. The van der Waals surface area contributed by atoms with Gasteiger partial charge in [0.1, 0.15) is 22.1 Å². The molecule has 3 rings (SSSR count). The molecule has 2 aromatic rings. The van der Waals surface area contributed by atoms with Crippen molar-refractivity contribution in [3.8, 4) is 17.2 Å². The standard InChI is InChI=1S/C18H20N2O6S/c1-24-12-7-8-15(25-2)17(11-12)27(22,23)19-10-9-16-18(21)20-13-5-3-4-6-14(13)26-16/h3-8,11,16,19H,9-10H2,1-2H3,(H,20,21). The minimum atomic E-state index is -3.86. The van der Waals surface area contributed by atoms with Gasteiger partial charge in [0.05, 0.1) is 19.9 Å². The largest absolute Gasteiger partial charge is 0.497 e. The quantitative estimate of drug-likeness (QED) is 0.744. The Labute approximate surface area is 157 Å². The Morgan fingerprint density at radius 1 is 1.15 bits per heavy atom. The van der Waals surface area contributed by atoms with Crippen LogP contribution in [-0.4, -0.2) is 41.2 Å². The number of anilines is 1. The summed E-state index contributed by atoms with van der Waals surface area (Å²) in [5.74, 6) is 0.831. The molecule has 0 saturated carbocycles. The number of sulfonamides is 1. The van der Waals surface area contributed by atoms with E-state index in [1.54, 1.807) is 30.3 Å². The predicted molar refractivity (Wildman–Crippen MR) is 98.8 cm³/mol. The van der Waals surface area contributed by atoms with E-state index in [-0.39, 0.29) is 29.5 Å². The van der Waals surface area contributed by atoms with Crippen LogP contribution in [0.15, 0.2) is 47.4 Å². The summed E-state index contributed by atoms with van der Waals surface area (Å²) in [4.78, 5) is 12.1. The first-order valence-corrected chi connectivity index (χ1v) is 9.71. The van der Waals surface area contributed by atoms with Gasteiger partial charge in [0.2, 0.25) is 10.0 Å². The van der Waals surface area contributed by atoms with Crippen molar-refractivity contribution in [1.29, 1.82) is 0 Å². The van der Waals surface area contributed by atoms with Crippen LogP contribution < -0.4 is 24.2 Å². The number of carbonyl (C=O) groups excluding carboxylic acids is 1. The highest BCUT2D eigenvalue weighted by molar-refractivity contribution is 7.89. The number of carbonyl (C=O) groups is 1. The number of rotatable bonds is 7. The summed E-state index contributed by atoms with van der Waals surface area (Å²) in [7, 11) is -1.02. The van der Waals surface area contributed by atoms with Crippen molar-refractivity contribution in [1.82, 2.24) is 4.72 Å². The number of fused-ring (bicyclic) bond motifs is 1. The lowest BCUT2D eigenvalue weighted by atomic mass is 10.2. The van der Waals surface area contributed by atoms with Gasteiger partial charge in [-0.15, -0.1) is 0 Å². The van der Waals surface area contributed by atoms with Gasteiger partial charge in [0.25, 0.3) is 5.91 Å². The summed E-state index contributed by atoms with van der Waals surface area (Å²) in [6.45, 7) is 0.0168. The predicted octanol–water partition coefficient (Wildman–Crippen LogP) is 1.77. The van der Waals surface area contributed by atoms with Crippen molar-refractivity contribution in [2.24, 2.45) is 0 Å². The fourth-order valence-corrected chi connectivity index (χ4v) is 3.91. The number of benzene rings is 2. The number of hydrogen-bond acceptors (Lipinski definition) is 6. The molecule has 144 valence electrons. The van der Waals surface area contributed by atoms with Gasteiger partial charge in [-0.1, -0.05) is 12.1 Å². The van der Waals surface area contributed by atoms with E-state index in [0.29, 0.717) is 17.2 Å². The van der Waals surface area contributed by atoms with Crippen LogP contribution in [0.5, 0.6) is 17.2 Å². The van der Waals surface area contributed by atoms with Crippen molar-refractivity contribution >= 4 is 21.6 Å². The number of ether oxygens (including phenoxy) is 3. The number of para-hydroxylation sites is 2. The van der Waals surface area contributed by atoms with E-state index in [1.807, 2.05) is 0 Å². The van der Waals surface area contributed by atoms with Crippen molar-refractivity contribution in [2.75, 3.05) is 26.1 Å². The average molecular weight is 392 g/mol. The molecule has 1 aliphatic rings. The molecule has 1 atom stereocenters. The molecule has 0 saturated heterocycles. The van der Waals surface area contributed by atoms with Crippen LogP contribution in [0.1, 0.15) is 6.42 Å². The van der Waals surface area contributed by atoms with Gasteiger partial charge in [0.15, 0.2) is 6.10 Å². The van der Waals surface area contributed by atoms with Crippen LogP contribution in [0.25, 0.3) is 0 Å². The number of nitrogens with one attached hydrogen (secondary N) is 2. The Morgan fingerprint density at radius 2 is 1.93 bits per heavy atom. The van der Waals surface area contributed by atoms with Gasteiger partial charge < -0.3 is 19.5 Å². The molecule has 1 heterocycles. The third kappa shape index (κ3) is 4.15. The molecule has 0 aromatic heterocycles. The first-order valence-electron chi connectivity index (χ1n) is 8.23. The number of methoxy groups -OCH3 is 2. The third-order valence-corrected chi connectivity index (χ3v) is 5.55. The molecule has 0 aliphatic carbocycles. The highest BCUT2D eigenvalue weighted by Gasteiger charge is 2.28. The Balaban J connectivity index is 1.67. The molecule has 0 fully saturated rings. The van der Waals surface area contributed by atoms with E-state index in [9.17, 15) is 13.2 Å². The molecule has 2 aromatic carbocycles. The van der Waals surface area contributed by atoms with Crippen LogP contribution in [0, 0.1) is 0 Å². The van der Waals surface area contributed by atoms with Crippen LogP contribution in [0.3, 0.4) is 0 Å². The fraction of sp³-hybridized carbons (Fsp3) is 0.278. The van der Waals surface area contributed by atoms with E-state index < -0.39 is 16.1 Å². The maximum Gasteiger partial charge on any atom is 0.265 e. The van der Waals surface area contributed by atoms with Crippen LogP contribution in [-0.2, 0) is 14.8 Å². The Kier molecular flexibility index (Phi) is 5.52. The zero-order valence-corrected chi connectivity index (χ0v) is 15.7. The first-order chi connectivity index (χ1) is 12.9. The van der Waals surface area contributed by atoms with Gasteiger partial charge in [-0.2, -0.15) is 0 Å². The van der Waals surface area contributed by atoms with E-state index in [2.05, 4.69) is 10.0 Å². The zero-order valence-electron chi connectivity index (χ0n) is 14.9. The lowest BCUT2D eigenvalue weighted by Crippen LogP contribution is -2.39. The fourth-order valence-electron chi connectivity index (χ4n) is 2.68. The number of hydrogen-bond donors (Lipinski definition) is 2. The molecule has 2 N–H and O–H groups in total. The minimum Gasteiger partial charge on any atom is -0.497 e.